The fourth-order valence-corrected chi connectivity index (χ4v) is 3.56. The van der Waals surface area contributed by atoms with Crippen molar-refractivity contribution in [2.75, 3.05) is 20.1 Å². The molecule has 0 aromatic carbocycles. The molecule has 1 N–H and O–H groups in total. The summed E-state index contributed by atoms with van der Waals surface area (Å²) in [6, 6.07) is 0.222. The van der Waals surface area contributed by atoms with Gasteiger partial charge in [0.15, 0.2) is 0 Å². The summed E-state index contributed by atoms with van der Waals surface area (Å²) in [5.74, 6) is 1.32. The minimum Gasteiger partial charge on any atom is -0.424 e. The summed E-state index contributed by atoms with van der Waals surface area (Å²) in [4.78, 5) is 27.8. The number of nitrogens with zero attached hydrogens (tertiary/aromatic N) is 4. The first-order valence-corrected chi connectivity index (χ1v) is 8.60. The van der Waals surface area contributed by atoms with Crippen LogP contribution >= 0.6 is 0 Å². The van der Waals surface area contributed by atoms with Crippen molar-refractivity contribution in [2.45, 2.75) is 51.6 Å². The number of rotatable bonds is 5. The number of hydrogen-bond acceptors (Lipinski definition) is 5. The van der Waals surface area contributed by atoms with Crippen LogP contribution in [-0.2, 0) is 11.3 Å². The molecule has 8 nitrogen and oxygen atoms in total. The van der Waals surface area contributed by atoms with E-state index in [1.165, 1.54) is 17.7 Å². The lowest BCUT2D eigenvalue weighted by Gasteiger charge is -2.24. The normalized spacial score (nSPS) is 21.5. The highest BCUT2D eigenvalue weighted by molar-refractivity contribution is 5.79. The monoisotopic (exact) mass is 335 g/mol. The Labute approximate surface area is 141 Å². The third-order valence-electron chi connectivity index (χ3n) is 4.83. The molecule has 1 saturated heterocycles. The number of amides is 3. The van der Waals surface area contributed by atoms with Gasteiger partial charge in [0.05, 0.1) is 0 Å². The topological polar surface area (TPSA) is 91.6 Å². The first kappa shape index (κ1) is 16.7. The minimum absolute atomic E-state index is 0.195. The fraction of sp³-hybridized carbons (Fsp3) is 0.750. The highest BCUT2D eigenvalue weighted by Crippen LogP contribution is 2.29. The molecule has 3 amide bonds. The van der Waals surface area contributed by atoms with Gasteiger partial charge in [0.1, 0.15) is 6.54 Å². The molecule has 24 heavy (non-hydrogen) atoms. The molecular weight excluding hydrogens is 310 g/mol. The summed E-state index contributed by atoms with van der Waals surface area (Å²) in [6.45, 7) is 3.26. The average Bonchev–Trinajstić information content (AvgIpc) is 3.26. The Balaban J connectivity index is 1.43. The van der Waals surface area contributed by atoms with E-state index in [1.807, 2.05) is 4.90 Å². The van der Waals surface area contributed by atoms with Crippen molar-refractivity contribution in [3.8, 4) is 0 Å². The summed E-state index contributed by atoms with van der Waals surface area (Å²) in [7, 11) is 1.68. The molecule has 8 heteroatoms. The molecule has 2 aliphatic rings. The number of aryl methyl sites for hydroxylation is 1. The van der Waals surface area contributed by atoms with Crippen molar-refractivity contribution in [2.24, 2.45) is 5.92 Å². The molecule has 1 atom stereocenters. The molecule has 0 bridgehead atoms. The quantitative estimate of drug-likeness (QED) is 0.876. The summed E-state index contributed by atoms with van der Waals surface area (Å²) in [6.07, 6.45) is 5.21. The van der Waals surface area contributed by atoms with Crippen molar-refractivity contribution in [3.05, 3.63) is 11.8 Å². The van der Waals surface area contributed by atoms with Crippen LogP contribution in [0.3, 0.4) is 0 Å². The lowest BCUT2D eigenvalue weighted by atomic mass is 10.1. The van der Waals surface area contributed by atoms with Gasteiger partial charge in [-0.25, -0.2) is 4.79 Å². The Morgan fingerprint density at radius 2 is 2.12 bits per heavy atom. The van der Waals surface area contributed by atoms with Crippen LogP contribution in [0.5, 0.6) is 0 Å². The number of urea groups is 1. The number of likely N-dealkylation sites (tertiary alicyclic amines) is 1. The van der Waals surface area contributed by atoms with Crippen LogP contribution in [0, 0.1) is 12.8 Å². The first-order chi connectivity index (χ1) is 11.5. The lowest BCUT2D eigenvalue weighted by molar-refractivity contribution is -0.129. The van der Waals surface area contributed by atoms with Gasteiger partial charge in [-0.2, -0.15) is 0 Å². The van der Waals surface area contributed by atoms with Gasteiger partial charge in [-0.15, -0.1) is 10.2 Å². The number of hydrogen-bond donors (Lipinski definition) is 1. The SMILES string of the molecule is Cc1nnc(CN(C)C(=O)NC[C@@H]2CC(=O)N(C3CCCC3)C2)o1. The molecule has 2 heterocycles. The van der Waals surface area contributed by atoms with Crippen molar-refractivity contribution < 1.29 is 14.0 Å². The Kier molecular flexibility index (Phi) is 5.01. The molecule has 132 valence electrons. The van der Waals surface area contributed by atoms with Crippen molar-refractivity contribution in [1.29, 1.82) is 0 Å². The van der Waals surface area contributed by atoms with Crippen molar-refractivity contribution in [3.63, 3.8) is 0 Å². The molecule has 1 aromatic rings. The van der Waals surface area contributed by atoms with Crippen LogP contribution < -0.4 is 5.32 Å². The number of carbonyl (C=O) groups is 2. The zero-order valence-corrected chi connectivity index (χ0v) is 14.3. The fourth-order valence-electron chi connectivity index (χ4n) is 3.56. The van der Waals surface area contributed by atoms with E-state index in [0.29, 0.717) is 30.8 Å². The Morgan fingerprint density at radius 1 is 1.38 bits per heavy atom. The molecular formula is C16H25N5O3. The standard InChI is InChI=1S/C16H25N5O3/c1-11-18-19-14(24-11)10-20(2)16(23)17-8-12-7-15(22)21(9-12)13-5-3-4-6-13/h12-13H,3-10H2,1-2H3,(H,17,23)/t12-/m0/s1. The molecule has 1 aliphatic heterocycles. The van der Waals surface area contributed by atoms with E-state index in [2.05, 4.69) is 15.5 Å². The van der Waals surface area contributed by atoms with E-state index in [4.69, 9.17) is 4.42 Å². The molecule has 1 aliphatic carbocycles. The molecule has 1 aromatic heterocycles. The molecule has 0 radical (unpaired) electrons. The second-order valence-electron chi connectivity index (χ2n) is 6.81. The Morgan fingerprint density at radius 3 is 2.79 bits per heavy atom. The van der Waals surface area contributed by atoms with Gasteiger partial charge in [0, 0.05) is 45.4 Å². The minimum atomic E-state index is -0.197. The Bertz CT molecular complexity index is 596. The van der Waals surface area contributed by atoms with Crippen LogP contribution in [0.25, 0.3) is 0 Å². The van der Waals surface area contributed by atoms with E-state index >= 15 is 0 Å². The van der Waals surface area contributed by atoms with Crippen molar-refractivity contribution in [1.82, 2.24) is 25.3 Å². The van der Waals surface area contributed by atoms with Crippen LogP contribution in [-0.4, -0.2) is 58.1 Å². The number of carbonyl (C=O) groups excluding carboxylic acids is 2. The smallest absolute Gasteiger partial charge is 0.317 e. The maximum atomic E-state index is 12.2. The maximum Gasteiger partial charge on any atom is 0.317 e. The van der Waals surface area contributed by atoms with E-state index < -0.39 is 0 Å². The van der Waals surface area contributed by atoms with Gasteiger partial charge < -0.3 is 19.5 Å². The highest BCUT2D eigenvalue weighted by Gasteiger charge is 2.35. The van der Waals surface area contributed by atoms with E-state index in [-0.39, 0.29) is 24.4 Å². The predicted molar refractivity (Wildman–Crippen MR) is 86.0 cm³/mol. The second-order valence-corrected chi connectivity index (χ2v) is 6.81. The first-order valence-electron chi connectivity index (χ1n) is 8.60. The molecule has 1 saturated carbocycles. The molecule has 0 spiro atoms. The largest absolute Gasteiger partial charge is 0.424 e. The second kappa shape index (κ2) is 7.19. The van der Waals surface area contributed by atoms with Gasteiger partial charge >= 0.3 is 6.03 Å². The van der Waals surface area contributed by atoms with E-state index in [1.54, 1.807) is 14.0 Å². The van der Waals surface area contributed by atoms with E-state index in [9.17, 15) is 9.59 Å². The van der Waals surface area contributed by atoms with E-state index in [0.717, 1.165) is 19.4 Å². The average molecular weight is 335 g/mol. The molecule has 2 fully saturated rings. The summed E-state index contributed by atoms with van der Waals surface area (Å²) < 4.78 is 5.27. The number of nitrogens with one attached hydrogen (secondary N) is 1. The van der Waals surface area contributed by atoms with Gasteiger partial charge in [-0.05, 0) is 12.8 Å². The lowest BCUT2D eigenvalue weighted by Crippen LogP contribution is -2.40. The van der Waals surface area contributed by atoms with Gasteiger partial charge in [0.25, 0.3) is 0 Å². The van der Waals surface area contributed by atoms with Crippen LogP contribution in [0.2, 0.25) is 0 Å². The van der Waals surface area contributed by atoms with Gasteiger partial charge in [-0.1, -0.05) is 12.8 Å². The van der Waals surface area contributed by atoms with Crippen LogP contribution in [0.4, 0.5) is 4.79 Å². The van der Waals surface area contributed by atoms with Gasteiger partial charge in [0.2, 0.25) is 17.7 Å². The van der Waals surface area contributed by atoms with Crippen LogP contribution in [0.15, 0.2) is 4.42 Å². The summed E-state index contributed by atoms with van der Waals surface area (Å²) in [5.41, 5.74) is 0. The maximum absolute atomic E-state index is 12.2. The van der Waals surface area contributed by atoms with Crippen LogP contribution in [0.1, 0.15) is 43.9 Å². The third-order valence-corrected chi connectivity index (χ3v) is 4.83. The third kappa shape index (κ3) is 3.85. The van der Waals surface area contributed by atoms with Gasteiger partial charge in [-0.3, -0.25) is 4.79 Å². The molecule has 3 rings (SSSR count). The number of aromatic nitrogens is 2. The zero-order valence-electron chi connectivity index (χ0n) is 14.3. The summed E-state index contributed by atoms with van der Waals surface area (Å²) in [5, 5.41) is 10.5. The van der Waals surface area contributed by atoms with Crippen molar-refractivity contribution >= 4 is 11.9 Å². The molecule has 0 unspecified atom stereocenters. The Hall–Kier alpha value is -2.12. The zero-order chi connectivity index (χ0) is 17.1. The predicted octanol–water partition coefficient (Wildman–Crippen LogP) is 1.31. The highest BCUT2D eigenvalue weighted by atomic mass is 16.4. The summed E-state index contributed by atoms with van der Waals surface area (Å²) >= 11 is 0.